The fourth-order valence-corrected chi connectivity index (χ4v) is 2.55. The van der Waals surface area contributed by atoms with Gasteiger partial charge in [-0.2, -0.15) is 0 Å². The number of hydrogen-bond acceptors (Lipinski definition) is 2. The van der Waals surface area contributed by atoms with E-state index in [9.17, 15) is 4.39 Å². The smallest absolute Gasteiger partial charge is 0.119 e. The van der Waals surface area contributed by atoms with Gasteiger partial charge in [0.1, 0.15) is 5.83 Å². The van der Waals surface area contributed by atoms with Crippen LogP contribution in [0.5, 0.6) is 0 Å². The maximum absolute atomic E-state index is 13.1. The number of thiocarbonyl (C=S) groups is 1. The van der Waals surface area contributed by atoms with E-state index in [1.807, 2.05) is 6.92 Å². The van der Waals surface area contributed by atoms with Crippen molar-refractivity contribution in [2.45, 2.75) is 26.2 Å². The highest BCUT2D eigenvalue weighted by Crippen LogP contribution is 2.21. The minimum Gasteiger partial charge on any atom is -0.248 e. The number of allylic oxidation sites excluding steroid dienone is 4. The first-order valence-corrected chi connectivity index (χ1v) is 6.99. The molecule has 1 heterocycles. The van der Waals surface area contributed by atoms with Crippen molar-refractivity contribution in [3.8, 4) is 0 Å². The Morgan fingerprint density at radius 3 is 2.62 bits per heavy atom. The molecular weight excluding hydrogens is 336 g/mol. The molecular formula is C12H17FINS. The third-order valence-corrected chi connectivity index (χ3v) is 4.08. The Bertz CT molecular complexity index is 293. The van der Waals surface area contributed by atoms with Crippen LogP contribution in [0.25, 0.3) is 0 Å². The van der Waals surface area contributed by atoms with Crippen LogP contribution in [0.1, 0.15) is 26.2 Å². The predicted octanol–water partition coefficient (Wildman–Crippen LogP) is 4.24. The molecule has 90 valence electrons. The highest BCUT2D eigenvalue weighted by atomic mass is 127. The van der Waals surface area contributed by atoms with Crippen molar-refractivity contribution >= 4 is 39.9 Å². The third kappa shape index (κ3) is 5.01. The Hall–Kier alpha value is 0.190. The summed E-state index contributed by atoms with van der Waals surface area (Å²) in [5.41, 5.74) is 0. The Kier molecular flexibility index (Phi) is 6.68. The van der Waals surface area contributed by atoms with Crippen LogP contribution in [0.3, 0.4) is 0 Å². The van der Waals surface area contributed by atoms with Gasteiger partial charge in [-0.3, -0.25) is 0 Å². The van der Waals surface area contributed by atoms with E-state index in [1.54, 1.807) is 12.2 Å². The topological polar surface area (TPSA) is 3.24 Å². The van der Waals surface area contributed by atoms with Crippen molar-refractivity contribution in [2.75, 3.05) is 13.1 Å². The first kappa shape index (κ1) is 14.3. The van der Waals surface area contributed by atoms with Crippen LogP contribution in [0.2, 0.25) is 0 Å². The van der Waals surface area contributed by atoms with E-state index in [0.29, 0.717) is 5.92 Å². The van der Waals surface area contributed by atoms with Crippen LogP contribution in [-0.4, -0.2) is 21.1 Å². The predicted molar refractivity (Wildman–Crippen MR) is 79.5 cm³/mol. The molecule has 0 aromatic rings. The molecule has 4 heteroatoms. The van der Waals surface area contributed by atoms with Crippen molar-refractivity contribution in [1.82, 2.24) is 3.11 Å². The van der Waals surface area contributed by atoms with Gasteiger partial charge in [-0.05, 0) is 43.4 Å². The van der Waals surface area contributed by atoms with Crippen LogP contribution < -0.4 is 0 Å². The Balaban J connectivity index is 2.43. The van der Waals surface area contributed by atoms with Gasteiger partial charge in [0, 0.05) is 40.8 Å². The van der Waals surface area contributed by atoms with Gasteiger partial charge in [-0.25, -0.2) is 7.50 Å². The summed E-state index contributed by atoms with van der Waals surface area (Å²) < 4.78 is 15.4. The van der Waals surface area contributed by atoms with Crippen LogP contribution in [0, 0.1) is 5.92 Å². The number of nitrogens with zero attached hydrogens (tertiary/aromatic N) is 1. The Morgan fingerprint density at radius 2 is 2.06 bits per heavy atom. The second-order valence-electron chi connectivity index (χ2n) is 3.92. The zero-order valence-electron chi connectivity index (χ0n) is 9.46. The summed E-state index contributed by atoms with van der Waals surface area (Å²) in [4.78, 5) is 0.893. The quantitative estimate of drug-likeness (QED) is 0.245. The van der Waals surface area contributed by atoms with Crippen LogP contribution in [0.4, 0.5) is 4.39 Å². The van der Waals surface area contributed by atoms with E-state index in [2.05, 4.69) is 26.0 Å². The molecule has 0 N–H and O–H groups in total. The van der Waals surface area contributed by atoms with Crippen molar-refractivity contribution < 1.29 is 4.39 Å². The Labute approximate surface area is 116 Å². The Morgan fingerprint density at radius 1 is 1.44 bits per heavy atom. The van der Waals surface area contributed by atoms with Gasteiger partial charge in [0.05, 0.1) is 0 Å². The van der Waals surface area contributed by atoms with E-state index in [1.165, 1.54) is 6.08 Å². The highest BCUT2D eigenvalue weighted by Gasteiger charge is 2.19. The molecule has 0 aromatic carbocycles. The summed E-state index contributed by atoms with van der Waals surface area (Å²) >= 11 is 7.65. The fraction of sp³-hybridized carbons (Fsp3) is 0.583. The monoisotopic (exact) mass is 353 g/mol. The largest absolute Gasteiger partial charge is 0.248 e. The molecule has 0 bridgehead atoms. The molecule has 1 rings (SSSR count). The zero-order valence-corrected chi connectivity index (χ0v) is 12.4. The highest BCUT2D eigenvalue weighted by molar-refractivity contribution is 14.1. The summed E-state index contributed by atoms with van der Waals surface area (Å²) in [5, 5.41) is 0. The number of halogens is 2. The third-order valence-electron chi connectivity index (χ3n) is 2.65. The lowest BCUT2D eigenvalue weighted by Gasteiger charge is -2.26. The van der Waals surface area contributed by atoms with Gasteiger partial charge < -0.3 is 0 Å². The fourth-order valence-electron chi connectivity index (χ4n) is 1.69. The molecule has 0 unspecified atom stereocenters. The van der Waals surface area contributed by atoms with E-state index < -0.39 is 0 Å². The molecule has 1 nitrogen and oxygen atoms in total. The van der Waals surface area contributed by atoms with Gasteiger partial charge in [0.15, 0.2) is 0 Å². The van der Waals surface area contributed by atoms with E-state index >= 15 is 0 Å². The van der Waals surface area contributed by atoms with Crippen molar-refractivity contribution in [3.63, 3.8) is 0 Å². The molecule has 0 radical (unpaired) electrons. The lowest BCUT2D eigenvalue weighted by Crippen LogP contribution is -2.28. The molecule has 0 spiro atoms. The van der Waals surface area contributed by atoms with Gasteiger partial charge in [0.2, 0.25) is 0 Å². The average Bonchev–Trinajstić information content (AvgIpc) is 2.27. The molecule has 1 aliphatic rings. The summed E-state index contributed by atoms with van der Waals surface area (Å²) in [5.74, 6) is 0.267. The lowest BCUT2D eigenvalue weighted by atomic mass is 9.94. The number of rotatable bonds is 4. The second kappa shape index (κ2) is 7.50. The summed E-state index contributed by atoms with van der Waals surface area (Å²) in [6.45, 7) is 4.07. The van der Waals surface area contributed by atoms with Gasteiger partial charge >= 0.3 is 0 Å². The minimum absolute atomic E-state index is 0.184. The normalized spacial score (nSPS) is 20.6. The van der Waals surface area contributed by atoms with Crippen LogP contribution in [0.15, 0.2) is 24.1 Å². The van der Waals surface area contributed by atoms with Crippen LogP contribution >= 0.6 is 35.1 Å². The van der Waals surface area contributed by atoms with Crippen LogP contribution in [-0.2, 0) is 0 Å². The first-order valence-electron chi connectivity index (χ1n) is 5.61. The second-order valence-corrected chi connectivity index (χ2v) is 5.75. The minimum atomic E-state index is -0.184. The molecule has 1 fully saturated rings. The van der Waals surface area contributed by atoms with E-state index in [4.69, 9.17) is 12.2 Å². The summed E-state index contributed by atoms with van der Waals surface area (Å²) in [7, 11) is 0. The molecule has 1 aliphatic heterocycles. The zero-order chi connectivity index (χ0) is 12.0. The van der Waals surface area contributed by atoms with Crippen molar-refractivity contribution in [3.05, 3.63) is 24.1 Å². The molecule has 16 heavy (non-hydrogen) atoms. The molecule has 0 aliphatic carbocycles. The molecule has 1 saturated heterocycles. The van der Waals surface area contributed by atoms with Crippen molar-refractivity contribution in [2.24, 2.45) is 5.92 Å². The van der Waals surface area contributed by atoms with E-state index in [0.717, 1.165) is 37.2 Å². The van der Waals surface area contributed by atoms with Gasteiger partial charge in [-0.15, -0.1) is 0 Å². The molecule has 0 saturated carbocycles. The van der Waals surface area contributed by atoms with Gasteiger partial charge in [0.25, 0.3) is 0 Å². The average molecular weight is 353 g/mol. The number of hydrogen-bond donors (Lipinski definition) is 0. The number of piperidine rings is 1. The summed E-state index contributed by atoms with van der Waals surface area (Å²) in [6, 6.07) is 0. The molecule has 0 aromatic heterocycles. The van der Waals surface area contributed by atoms with E-state index in [-0.39, 0.29) is 5.83 Å². The summed E-state index contributed by atoms with van der Waals surface area (Å²) in [6.07, 6.45) is 7.70. The molecule has 0 atom stereocenters. The maximum atomic E-state index is 13.1. The maximum Gasteiger partial charge on any atom is 0.119 e. The van der Waals surface area contributed by atoms with Crippen molar-refractivity contribution in [1.29, 1.82) is 0 Å². The van der Waals surface area contributed by atoms with Gasteiger partial charge in [-0.1, -0.05) is 19.1 Å². The standard InChI is InChI=1S/C12H17FINS/c1-2-3-11(13)4-5-12(16)10-6-8-15(14)9-7-10/h3-5,10H,2,6-9H2,1H3/b5-4-,11-3+. The lowest BCUT2D eigenvalue weighted by molar-refractivity contribution is 0.367. The molecule has 0 amide bonds. The SMILES string of the molecule is CC/C=C(F)\C=C/C(=S)C1CCN(I)CC1. The first-order chi connectivity index (χ1) is 7.63.